The maximum absolute atomic E-state index is 12.8. The van der Waals surface area contributed by atoms with E-state index in [1.807, 2.05) is 18.2 Å². The Bertz CT molecular complexity index is 695. The van der Waals surface area contributed by atoms with Gasteiger partial charge in [0.1, 0.15) is 5.75 Å². The fourth-order valence-corrected chi connectivity index (χ4v) is 4.07. The Labute approximate surface area is 153 Å². The number of piperidine rings is 1. The van der Waals surface area contributed by atoms with Crippen LogP contribution < -0.4 is 15.4 Å². The summed E-state index contributed by atoms with van der Waals surface area (Å²) < 4.78 is 11.2. The molecule has 4 rings (SSSR count). The minimum absolute atomic E-state index is 0.0116. The van der Waals surface area contributed by atoms with E-state index in [0.717, 1.165) is 43.6 Å². The van der Waals surface area contributed by atoms with Gasteiger partial charge in [0.25, 0.3) is 5.91 Å². The summed E-state index contributed by atoms with van der Waals surface area (Å²) in [6, 6.07) is 5.39. The lowest BCUT2D eigenvalue weighted by molar-refractivity contribution is -0.125. The number of hydrogen-bond acceptors (Lipinski definition) is 4. The second-order valence-electron chi connectivity index (χ2n) is 7.49. The molecule has 1 unspecified atom stereocenters. The average molecular weight is 358 g/mol. The molecule has 0 radical (unpaired) electrons. The van der Waals surface area contributed by atoms with Crippen molar-refractivity contribution in [2.45, 2.75) is 62.6 Å². The molecule has 1 aromatic carbocycles. The van der Waals surface area contributed by atoms with Gasteiger partial charge in [0.05, 0.1) is 25.3 Å². The lowest BCUT2D eigenvalue weighted by atomic mass is 9.92. The van der Waals surface area contributed by atoms with Gasteiger partial charge >= 0.3 is 0 Å². The van der Waals surface area contributed by atoms with Gasteiger partial charge in [-0.05, 0) is 61.8 Å². The predicted octanol–water partition coefficient (Wildman–Crippen LogP) is 2.13. The number of methoxy groups -OCH3 is 1. The van der Waals surface area contributed by atoms with Crippen molar-refractivity contribution in [2.24, 2.45) is 0 Å². The quantitative estimate of drug-likeness (QED) is 0.845. The second kappa shape index (κ2) is 7.27. The molecule has 3 fully saturated rings. The van der Waals surface area contributed by atoms with Crippen molar-refractivity contribution in [3.05, 3.63) is 29.3 Å². The molecule has 1 saturated carbocycles. The molecule has 6 heteroatoms. The lowest BCUT2D eigenvalue weighted by Gasteiger charge is -2.36. The Morgan fingerprint density at radius 2 is 2.12 bits per heavy atom. The molecule has 1 aromatic rings. The smallest absolute Gasteiger partial charge is 0.251 e. The largest absolute Gasteiger partial charge is 0.496 e. The van der Waals surface area contributed by atoms with Crippen molar-refractivity contribution in [2.75, 3.05) is 13.7 Å². The summed E-state index contributed by atoms with van der Waals surface area (Å²) in [6.07, 6.45) is 5.29. The maximum Gasteiger partial charge on any atom is 0.251 e. The van der Waals surface area contributed by atoms with Crippen LogP contribution in [0.4, 0.5) is 0 Å². The van der Waals surface area contributed by atoms with Crippen LogP contribution in [0.1, 0.15) is 60.4 Å². The molecule has 0 spiro atoms. The molecule has 3 atom stereocenters. The molecule has 0 aromatic heterocycles. The minimum Gasteiger partial charge on any atom is -0.496 e. The standard InChI is InChI=1S/C20H26N2O4/c1-25-16-8-6-13(11-14(16)12-4-5-12)20(24)21-15-7-9-18(23)22-19(15)17-3-2-10-26-17/h6,8,11-12,15,17,19H,2-5,7,9-10H2,1H3,(H,21,24)(H,22,23)/t15-,17?,19-/m0/s1. The van der Waals surface area contributed by atoms with E-state index in [-0.39, 0.29) is 30.0 Å². The van der Waals surface area contributed by atoms with Gasteiger partial charge in [-0.2, -0.15) is 0 Å². The van der Waals surface area contributed by atoms with E-state index >= 15 is 0 Å². The van der Waals surface area contributed by atoms with Crippen LogP contribution in [0.2, 0.25) is 0 Å². The first-order valence-electron chi connectivity index (χ1n) is 9.55. The highest BCUT2D eigenvalue weighted by Crippen LogP contribution is 2.44. The van der Waals surface area contributed by atoms with E-state index in [1.54, 1.807) is 7.11 Å². The van der Waals surface area contributed by atoms with Gasteiger partial charge in [0.15, 0.2) is 0 Å². The van der Waals surface area contributed by atoms with Gasteiger partial charge in [-0.15, -0.1) is 0 Å². The van der Waals surface area contributed by atoms with Crippen molar-refractivity contribution in [3.63, 3.8) is 0 Å². The number of carbonyl (C=O) groups excluding carboxylic acids is 2. The summed E-state index contributed by atoms with van der Waals surface area (Å²) in [7, 11) is 1.66. The van der Waals surface area contributed by atoms with Gasteiger partial charge in [0.2, 0.25) is 5.91 Å². The zero-order valence-corrected chi connectivity index (χ0v) is 15.1. The van der Waals surface area contributed by atoms with Crippen LogP contribution in [-0.2, 0) is 9.53 Å². The Morgan fingerprint density at radius 1 is 1.27 bits per heavy atom. The lowest BCUT2D eigenvalue weighted by Crippen LogP contribution is -2.60. The van der Waals surface area contributed by atoms with Crippen LogP contribution in [0.15, 0.2) is 18.2 Å². The second-order valence-corrected chi connectivity index (χ2v) is 7.49. The molecule has 2 aliphatic heterocycles. The maximum atomic E-state index is 12.8. The molecule has 2 amide bonds. The fourth-order valence-electron chi connectivity index (χ4n) is 4.07. The average Bonchev–Trinajstić information content (AvgIpc) is 3.36. The summed E-state index contributed by atoms with van der Waals surface area (Å²) in [6.45, 7) is 0.723. The van der Waals surface area contributed by atoms with Crippen LogP contribution in [0.25, 0.3) is 0 Å². The molecule has 0 bridgehead atoms. The van der Waals surface area contributed by atoms with Crippen LogP contribution in [0, 0.1) is 0 Å². The number of nitrogens with one attached hydrogen (secondary N) is 2. The number of carbonyl (C=O) groups is 2. The number of ether oxygens (including phenoxy) is 2. The molecule has 2 saturated heterocycles. The molecule has 1 aliphatic carbocycles. The highest BCUT2D eigenvalue weighted by molar-refractivity contribution is 5.95. The summed E-state index contributed by atoms with van der Waals surface area (Å²) in [4.78, 5) is 24.7. The first kappa shape index (κ1) is 17.3. The predicted molar refractivity (Wildman–Crippen MR) is 96.4 cm³/mol. The number of benzene rings is 1. The van der Waals surface area contributed by atoms with Crippen LogP contribution in [-0.4, -0.2) is 43.7 Å². The third-order valence-corrected chi connectivity index (χ3v) is 5.63. The van der Waals surface area contributed by atoms with E-state index in [1.165, 1.54) is 0 Å². The topological polar surface area (TPSA) is 76.7 Å². The Morgan fingerprint density at radius 3 is 2.81 bits per heavy atom. The van der Waals surface area contributed by atoms with Gasteiger partial charge < -0.3 is 20.1 Å². The highest BCUT2D eigenvalue weighted by Gasteiger charge is 2.38. The third-order valence-electron chi connectivity index (χ3n) is 5.63. The summed E-state index contributed by atoms with van der Waals surface area (Å²) in [5, 5.41) is 6.16. The van der Waals surface area contributed by atoms with E-state index in [2.05, 4.69) is 10.6 Å². The zero-order chi connectivity index (χ0) is 18.1. The van der Waals surface area contributed by atoms with Gasteiger partial charge in [-0.3, -0.25) is 9.59 Å². The van der Waals surface area contributed by atoms with Crippen molar-refractivity contribution < 1.29 is 19.1 Å². The summed E-state index contributed by atoms with van der Waals surface area (Å²) >= 11 is 0. The normalized spacial score (nSPS) is 28.5. The first-order valence-corrected chi connectivity index (χ1v) is 9.55. The number of rotatable bonds is 5. The van der Waals surface area contributed by atoms with Gasteiger partial charge in [-0.25, -0.2) is 0 Å². The van der Waals surface area contributed by atoms with E-state index in [4.69, 9.17) is 9.47 Å². The molecule has 2 heterocycles. The molecule has 140 valence electrons. The molecule has 2 N–H and O–H groups in total. The van der Waals surface area contributed by atoms with Gasteiger partial charge in [-0.1, -0.05) is 0 Å². The molecule has 3 aliphatic rings. The van der Waals surface area contributed by atoms with Crippen molar-refractivity contribution in [1.82, 2.24) is 10.6 Å². The van der Waals surface area contributed by atoms with Crippen molar-refractivity contribution >= 4 is 11.8 Å². The fraction of sp³-hybridized carbons (Fsp3) is 0.600. The zero-order valence-electron chi connectivity index (χ0n) is 15.1. The van der Waals surface area contributed by atoms with Gasteiger partial charge in [0, 0.05) is 18.6 Å². The monoisotopic (exact) mass is 358 g/mol. The molecular weight excluding hydrogens is 332 g/mol. The number of amides is 2. The Hall–Kier alpha value is -2.08. The molecule has 26 heavy (non-hydrogen) atoms. The molecular formula is C20H26N2O4. The minimum atomic E-state index is -0.149. The third kappa shape index (κ3) is 3.56. The van der Waals surface area contributed by atoms with E-state index in [0.29, 0.717) is 24.3 Å². The number of hydrogen-bond donors (Lipinski definition) is 2. The molecule has 6 nitrogen and oxygen atoms in total. The Kier molecular flexibility index (Phi) is 4.85. The highest BCUT2D eigenvalue weighted by atomic mass is 16.5. The first-order chi connectivity index (χ1) is 12.7. The summed E-state index contributed by atoms with van der Waals surface area (Å²) in [5.41, 5.74) is 1.77. The van der Waals surface area contributed by atoms with E-state index in [9.17, 15) is 9.59 Å². The van der Waals surface area contributed by atoms with E-state index < -0.39 is 0 Å². The van der Waals surface area contributed by atoms with Crippen molar-refractivity contribution in [1.29, 1.82) is 0 Å². The summed E-state index contributed by atoms with van der Waals surface area (Å²) in [5.74, 6) is 1.30. The van der Waals surface area contributed by atoms with Crippen LogP contribution in [0.3, 0.4) is 0 Å². The van der Waals surface area contributed by atoms with Crippen molar-refractivity contribution in [3.8, 4) is 5.75 Å². The Balaban J connectivity index is 1.49. The SMILES string of the molecule is COc1ccc(C(=O)N[C@H]2CCC(=O)N[C@@H]2C2CCCO2)cc1C1CC1. The van der Waals surface area contributed by atoms with Crippen LogP contribution in [0.5, 0.6) is 5.75 Å². The van der Waals surface area contributed by atoms with Crippen LogP contribution >= 0.6 is 0 Å².